The van der Waals surface area contributed by atoms with Gasteiger partial charge in [-0.25, -0.2) is 0 Å². The highest BCUT2D eigenvalue weighted by atomic mass is 16.5. The number of aryl methyl sites for hydroxylation is 1. The summed E-state index contributed by atoms with van der Waals surface area (Å²) in [5.41, 5.74) is 2.06. The van der Waals surface area contributed by atoms with Crippen LogP contribution in [0.2, 0.25) is 0 Å². The van der Waals surface area contributed by atoms with E-state index >= 15 is 0 Å². The lowest BCUT2D eigenvalue weighted by molar-refractivity contribution is -0.00284. The summed E-state index contributed by atoms with van der Waals surface area (Å²) in [6, 6.07) is 6.42. The summed E-state index contributed by atoms with van der Waals surface area (Å²) in [7, 11) is 0. The quantitative estimate of drug-likeness (QED) is 0.866. The minimum Gasteiger partial charge on any atom is -0.493 e. The molecule has 0 radical (unpaired) electrons. The molecule has 0 bridgehead atoms. The van der Waals surface area contributed by atoms with Gasteiger partial charge >= 0.3 is 0 Å². The molecule has 0 amide bonds. The zero-order chi connectivity index (χ0) is 13.2. The normalized spacial score (nSPS) is 18.9. The fraction of sp³-hybridized carbons (Fsp3) is 0.625. The van der Waals surface area contributed by atoms with Gasteiger partial charge in [-0.15, -0.1) is 0 Å². The summed E-state index contributed by atoms with van der Waals surface area (Å²) < 4.78 is 5.51. The van der Waals surface area contributed by atoms with E-state index in [1.807, 2.05) is 6.92 Å². The van der Waals surface area contributed by atoms with Gasteiger partial charge < -0.3 is 9.84 Å². The molecule has 1 heterocycles. The van der Waals surface area contributed by atoms with E-state index in [-0.39, 0.29) is 0 Å². The van der Waals surface area contributed by atoms with Crippen molar-refractivity contribution in [3.05, 3.63) is 29.3 Å². The van der Waals surface area contributed by atoms with E-state index in [4.69, 9.17) is 4.74 Å². The van der Waals surface area contributed by atoms with Gasteiger partial charge in [-0.05, 0) is 42.9 Å². The first kappa shape index (κ1) is 13.4. The Hall–Kier alpha value is -1.02. The first-order valence-corrected chi connectivity index (χ1v) is 7.00. The highest BCUT2D eigenvalue weighted by Gasteiger charge is 2.26. The van der Waals surface area contributed by atoms with Crippen molar-refractivity contribution < 1.29 is 9.84 Å². The van der Waals surface area contributed by atoms with Crippen molar-refractivity contribution in [1.82, 2.24) is 0 Å². The summed E-state index contributed by atoms with van der Waals surface area (Å²) in [6.07, 6.45) is 3.79. The molecule has 1 aromatic carbocycles. The standard InChI is InChI=1S/C16H24O2/c1-4-12(2)16(3,17)9-7-13-5-6-15-14(11-13)8-10-18-15/h5-6,11-12,17H,4,7-10H2,1-3H3. The third-order valence-corrected chi connectivity index (χ3v) is 4.35. The van der Waals surface area contributed by atoms with Crippen molar-refractivity contribution in [2.45, 2.75) is 52.1 Å². The summed E-state index contributed by atoms with van der Waals surface area (Å²) in [5.74, 6) is 1.38. The molecule has 2 atom stereocenters. The summed E-state index contributed by atoms with van der Waals surface area (Å²) in [4.78, 5) is 0. The third-order valence-electron chi connectivity index (χ3n) is 4.35. The second-order valence-electron chi connectivity index (χ2n) is 5.71. The molecule has 1 N–H and O–H groups in total. The minimum absolute atomic E-state index is 0.343. The molecule has 0 fully saturated rings. The molecule has 2 rings (SSSR count). The minimum atomic E-state index is -0.565. The number of ether oxygens (including phenoxy) is 1. The van der Waals surface area contributed by atoms with Crippen molar-refractivity contribution in [1.29, 1.82) is 0 Å². The van der Waals surface area contributed by atoms with Crippen LogP contribution < -0.4 is 4.74 Å². The first-order chi connectivity index (χ1) is 8.53. The van der Waals surface area contributed by atoms with E-state index in [1.54, 1.807) is 0 Å². The van der Waals surface area contributed by atoms with E-state index in [2.05, 4.69) is 32.0 Å². The molecule has 0 spiro atoms. The largest absolute Gasteiger partial charge is 0.493 e. The van der Waals surface area contributed by atoms with Crippen LogP contribution in [-0.2, 0) is 12.8 Å². The number of hydrogen-bond donors (Lipinski definition) is 1. The first-order valence-electron chi connectivity index (χ1n) is 7.00. The number of fused-ring (bicyclic) bond motifs is 1. The second-order valence-corrected chi connectivity index (χ2v) is 5.71. The van der Waals surface area contributed by atoms with Crippen molar-refractivity contribution >= 4 is 0 Å². The molecule has 0 saturated carbocycles. The number of hydrogen-bond acceptors (Lipinski definition) is 2. The summed E-state index contributed by atoms with van der Waals surface area (Å²) in [5, 5.41) is 10.4. The molecule has 0 saturated heterocycles. The zero-order valence-electron chi connectivity index (χ0n) is 11.7. The van der Waals surface area contributed by atoms with Crippen LogP contribution in [0.4, 0.5) is 0 Å². The molecule has 2 unspecified atom stereocenters. The summed E-state index contributed by atoms with van der Waals surface area (Å²) in [6.45, 7) is 7.02. The lowest BCUT2D eigenvalue weighted by atomic mass is 9.84. The lowest BCUT2D eigenvalue weighted by Crippen LogP contribution is -2.32. The van der Waals surface area contributed by atoms with E-state index < -0.39 is 5.60 Å². The maximum Gasteiger partial charge on any atom is 0.122 e. The lowest BCUT2D eigenvalue weighted by Gasteiger charge is -2.29. The maximum atomic E-state index is 10.4. The fourth-order valence-corrected chi connectivity index (χ4v) is 2.48. The SMILES string of the molecule is CCC(C)C(C)(O)CCc1ccc2c(c1)CCO2. The van der Waals surface area contributed by atoms with Gasteiger partial charge in [0.1, 0.15) is 5.75 Å². The van der Waals surface area contributed by atoms with Crippen molar-refractivity contribution in [2.75, 3.05) is 6.61 Å². The average molecular weight is 248 g/mol. The van der Waals surface area contributed by atoms with Crippen molar-refractivity contribution in [3.63, 3.8) is 0 Å². The maximum absolute atomic E-state index is 10.4. The number of benzene rings is 1. The molecule has 18 heavy (non-hydrogen) atoms. The average Bonchev–Trinajstić information content (AvgIpc) is 2.82. The monoisotopic (exact) mass is 248 g/mol. The smallest absolute Gasteiger partial charge is 0.122 e. The van der Waals surface area contributed by atoms with Crippen molar-refractivity contribution in [2.24, 2.45) is 5.92 Å². The van der Waals surface area contributed by atoms with Crippen LogP contribution in [0.3, 0.4) is 0 Å². The number of aliphatic hydroxyl groups is 1. The topological polar surface area (TPSA) is 29.5 Å². The van der Waals surface area contributed by atoms with E-state index in [1.165, 1.54) is 11.1 Å². The molecule has 0 aromatic heterocycles. The molecule has 1 aliphatic rings. The molecule has 1 aromatic rings. The van der Waals surface area contributed by atoms with Gasteiger partial charge in [0, 0.05) is 6.42 Å². The van der Waals surface area contributed by atoms with Crippen LogP contribution in [-0.4, -0.2) is 17.3 Å². The fourth-order valence-electron chi connectivity index (χ4n) is 2.48. The van der Waals surface area contributed by atoms with Gasteiger partial charge in [-0.3, -0.25) is 0 Å². The van der Waals surface area contributed by atoms with Crippen LogP contribution in [0.25, 0.3) is 0 Å². The van der Waals surface area contributed by atoms with Crippen molar-refractivity contribution in [3.8, 4) is 5.75 Å². The molecule has 0 aliphatic carbocycles. The Morgan fingerprint density at radius 3 is 2.94 bits per heavy atom. The highest BCUT2D eigenvalue weighted by molar-refractivity contribution is 5.39. The van der Waals surface area contributed by atoms with Gasteiger partial charge in [0.05, 0.1) is 12.2 Å². The Morgan fingerprint density at radius 1 is 1.44 bits per heavy atom. The highest BCUT2D eigenvalue weighted by Crippen LogP contribution is 2.29. The molecular formula is C16H24O2. The van der Waals surface area contributed by atoms with Crippen LogP contribution in [0.1, 0.15) is 44.7 Å². The van der Waals surface area contributed by atoms with Crippen LogP contribution in [0.5, 0.6) is 5.75 Å². The van der Waals surface area contributed by atoms with Crippen LogP contribution in [0, 0.1) is 5.92 Å². The van der Waals surface area contributed by atoms with Gasteiger partial charge in [-0.2, -0.15) is 0 Å². The predicted molar refractivity (Wildman–Crippen MR) is 74.0 cm³/mol. The van der Waals surface area contributed by atoms with Gasteiger partial charge in [0.15, 0.2) is 0 Å². The summed E-state index contributed by atoms with van der Waals surface area (Å²) >= 11 is 0. The molecule has 2 nitrogen and oxygen atoms in total. The van der Waals surface area contributed by atoms with Gasteiger partial charge in [0.2, 0.25) is 0 Å². The third kappa shape index (κ3) is 2.86. The molecule has 1 aliphatic heterocycles. The molecule has 100 valence electrons. The van der Waals surface area contributed by atoms with E-state index in [9.17, 15) is 5.11 Å². The Labute approximate surface area is 110 Å². The van der Waals surface area contributed by atoms with Crippen LogP contribution >= 0.6 is 0 Å². The Balaban J connectivity index is 1.98. The zero-order valence-corrected chi connectivity index (χ0v) is 11.7. The van der Waals surface area contributed by atoms with Gasteiger partial charge in [0.25, 0.3) is 0 Å². The Kier molecular flexibility index (Phi) is 3.96. The Bertz CT molecular complexity index is 410. The van der Waals surface area contributed by atoms with E-state index in [0.29, 0.717) is 5.92 Å². The molecular weight excluding hydrogens is 224 g/mol. The number of rotatable bonds is 5. The van der Waals surface area contributed by atoms with Gasteiger partial charge in [-0.1, -0.05) is 32.4 Å². The van der Waals surface area contributed by atoms with E-state index in [0.717, 1.165) is 38.0 Å². The van der Waals surface area contributed by atoms with Crippen LogP contribution in [0.15, 0.2) is 18.2 Å². The Morgan fingerprint density at radius 2 is 2.22 bits per heavy atom. The predicted octanol–water partition coefficient (Wildman–Crippen LogP) is 3.35. The molecule has 2 heteroatoms. The second kappa shape index (κ2) is 5.31.